The zero-order valence-corrected chi connectivity index (χ0v) is 11.6. The SMILES string of the molecule is CC(C(=O)Nc1c(C)cc(Cl)nc1Cl)=C1CNC1. The second-order valence-electron chi connectivity index (χ2n) is 4.21. The zero-order chi connectivity index (χ0) is 13.3. The van der Waals surface area contributed by atoms with Crippen molar-refractivity contribution in [3.05, 3.63) is 33.1 Å². The average molecular weight is 286 g/mol. The molecule has 0 saturated carbocycles. The van der Waals surface area contributed by atoms with Crippen LogP contribution >= 0.6 is 23.2 Å². The smallest absolute Gasteiger partial charge is 0.251 e. The number of amides is 1. The first-order valence-corrected chi connectivity index (χ1v) is 6.28. The highest BCUT2D eigenvalue weighted by molar-refractivity contribution is 6.35. The topological polar surface area (TPSA) is 54.0 Å². The Morgan fingerprint density at radius 1 is 1.44 bits per heavy atom. The number of pyridine rings is 1. The Bertz CT molecular complexity index is 511. The van der Waals surface area contributed by atoms with Gasteiger partial charge in [0.2, 0.25) is 0 Å². The van der Waals surface area contributed by atoms with Crippen molar-refractivity contribution in [1.82, 2.24) is 10.3 Å². The van der Waals surface area contributed by atoms with Crippen molar-refractivity contribution in [2.75, 3.05) is 18.4 Å². The number of aromatic nitrogens is 1. The van der Waals surface area contributed by atoms with Crippen LogP contribution in [-0.4, -0.2) is 24.0 Å². The third kappa shape index (κ3) is 2.66. The van der Waals surface area contributed by atoms with Gasteiger partial charge in [0.25, 0.3) is 5.91 Å². The van der Waals surface area contributed by atoms with E-state index in [1.165, 1.54) is 0 Å². The molecular weight excluding hydrogens is 273 g/mol. The molecule has 0 radical (unpaired) electrons. The average Bonchev–Trinajstić information content (AvgIpc) is 2.20. The van der Waals surface area contributed by atoms with Crippen molar-refractivity contribution in [3.63, 3.8) is 0 Å². The predicted molar refractivity (Wildman–Crippen MR) is 73.2 cm³/mol. The number of nitrogens with one attached hydrogen (secondary N) is 2. The van der Waals surface area contributed by atoms with Gasteiger partial charge in [0.1, 0.15) is 5.15 Å². The second-order valence-corrected chi connectivity index (χ2v) is 4.96. The minimum Gasteiger partial charge on any atom is -0.319 e. The second kappa shape index (κ2) is 5.26. The van der Waals surface area contributed by atoms with E-state index in [1.54, 1.807) is 13.0 Å². The summed E-state index contributed by atoms with van der Waals surface area (Å²) in [7, 11) is 0. The van der Waals surface area contributed by atoms with Gasteiger partial charge in [0.05, 0.1) is 5.69 Å². The van der Waals surface area contributed by atoms with E-state index in [4.69, 9.17) is 23.2 Å². The monoisotopic (exact) mass is 285 g/mol. The van der Waals surface area contributed by atoms with E-state index < -0.39 is 0 Å². The van der Waals surface area contributed by atoms with E-state index in [-0.39, 0.29) is 11.1 Å². The molecule has 96 valence electrons. The fraction of sp³-hybridized carbons (Fsp3) is 0.333. The molecule has 2 heterocycles. The number of anilines is 1. The first kappa shape index (κ1) is 13.3. The molecule has 1 fully saturated rings. The van der Waals surface area contributed by atoms with E-state index in [1.807, 2.05) is 6.92 Å². The fourth-order valence-corrected chi connectivity index (χ4v) is 2.21. The lowest BCUT2D eigenvalue weighted by molar-refractivity contribution is -0.112. The molecule has 0 aliphatic carbocycles. The summed E-state index contributed by atoms with van der Waals surface area (Å²) in [5.74, 6) is -0.152. The number of rotatable bonds is 2. The molecule has 0 bridgehead atoms. The minimum absolute atomic E-state index is 0.152. The minimum atomic E-state index is -0.152. The fourth-order valence-electron chi connectivity index (χ4n) is 1.63. The molecule has 2 rings (SSSR count). The van der Waals surface area contributed by atoms with Crippen molar-refractivity contribution < 1.29 is 4.79 Å². The third-order valence-corrected chi connectivity index (χ3v) is 3.39. The summed E-state index contributed by atoms with van der Waals surface area (Å²) in [4.78, 5) is 15.9. The number of aryl methyl sites for hydroxylation is 1. The van der Waals surface area contributed by atoms with Gasteiger partial charge < -0.3 is 10.6 Å². The van der Waals surface area contributed by atoms with Crippen LogP contribution in [0.25, 0.3) is 0 Å². The van der Waals surface area contributed by atoms with Crippen molar-refractivity contribution in [1.29, 1.82) is 0 Å². The Hall–Kier alpha value is -1.10. The molecule has 1 aliphatic heterocycles. The van der Waals surface area contributed by atoms with Crippen LogP contribution in [0.15, 0.2) is 17.2 Å². The van der Waals surface area contributed by atoms with E-state index in [9.17, 15) is 4.79 Å². The molecule has 4 nitrogen and oxygen atoms in total. The Balaban J connectivity index is 2.22. The lowest BCUT2D eigenvalue weighted by atomic mass is 10.0. The standard InChI is InChI=1S/C12H13Cl2N3O/c1-6-3-9(13)16-11(14)10(6)17-12(18)7(2)8-4-15-5-8/h3,15H,4-5H2,1-2H3,(H,17,18). The molecule has 0 aromatic carbocycles. The first-order chi connectivity index (χ1) is 8.49. The molecule has 18 heavy (non-hydrogen) atoms. The van der Waals surface area contributed by atoms with Crippen LogP contribution in [-0.2, 0) is 4.79 Å². The normalized spacial score (nSPS) is 14.1. The highest BCUT2D eigenvalue weighted by Crippen LogP contribution is 2.27. The van der Waals surface area contributed by atoms with Crippen molar-refractivity contribution in [3.8, 4) is 0 Å². The maximum Gasteiger partial charge on any atom is 0.251 e. The molecular formula is C12H13Cl2N3O. The Labute approximate surface area is 115 Å². The maximum atomic E-state index is 12.0. The lowest BCUT2D eigenvalue weighted by Gasteiger charge is -2.21. The quantitative estimate of drug-likeness (QED) is 0.649. The molecule has 1 aromatic heterocycles. The number of hydrogen-bond donors (Lipinski definition) is 2. The van der Waals surface area contributed by atoms with Crippen LogP contribution in [0.1, 0.15) is 12.5 Å². The van der Waals surface area contributed by atoms with Gasteiger partial charge in [-0.05, 0) is 31.1 Å². The number of halogens is 2. The van der Waals surface area contributed by atoms with Crippen LogP contribution in [0.4, 0.5) is 5.69 Å². The molecule has 1 amide bonds. The lowest BCUT2D eigenvalue weighted by Crippen LogP contribution is -2.36. The highest BCUT2D eigenvalue weighted by atomic mass is 35.5. The van der Waals surface area contributed by atoms with Gasteiger partial charge in [0.15, 0.2) is 5.15 Å². The summed E-state index contributed by atoms with van der Waals surface area (Å²) >= 11 is 11.7. The molecule has 1 aliphatic rings. The van der Waals surface area contributed by atoms with Crippen molar-refractivity contribution in [2.45, 2.75) is 13.8 Å². The molecule has 6 heteroatoms. The number of carbonyl (C=O) groups is 1. The number of carbonyl (C=O) groups excluding carboxylic acids is 1. The molecule has 0 atom stereocenters. The van der Waals surface area contributed by atoms with Gasteiger partial charge in [-0.15, -0.1) is 0 Å². The number of nitrogens with zero attached hydrogens (tertiary/aromatic N) is 1. The van der Waals surface area contributed by atoms with Crippen molar-refractivity contribution >= 4 is 34.8 Å². The molecule has 0 unspecified atom stereocenters. The Morgan fingerprint density at radius 3 is 2.61 bits per heavy atom. The van der Waals surface area contributed by atoms with E-state index in [0.717, 1.165) is 29.8 Å². The largest absolute Gasteiger partial charge is 0.319 e. The maximum absolute atomic E-state index is 12.0. The van der Waals surface area contributed by atoms with Crippen LogP contribution in [0.2, 0.25) is 10.3 Å². The summed E-state index contributed by atoms with van der Waals surface area (Å²) in [5.41, 5.74) is 3.14. The third-order valence-electron chi connectivity index (χ3n) is 2.93. The molecule has 1 saturated heterocycles. The predicted octanol–water partition coefficient (Wildman–Crippen LogP) is 2.56. The van der Waals surface area contributed by atoms with Crippen LogP contribution in [0.5, 0.6) is 0 Å². The van der Waals surface area contributed by atoms with E-state index in [0.29, 0.717) is 10.8 Å². The van der Waals surface area contributed by atoms with Gasteiger partial charge in [0, 0.05) is 18.7 Å². The molecule has 0 spiro atoms. The molecule has 1 aromatic rings. The summed E-state index contributed by atoms with van der Waals surface area (Å²) < 4.78 is 0. The highest BCUT2D eigenvalue weighted by Gasteiger charge is 2.18. The summed E-state index contributed by atoms with van der Waals surface area (Å²) in [5, 5.41) is 6.39. The van der Waals surface area contributed by atoms with Crippen molar-refractivity contribution in [2.24, 2.45) is 0 Å². The van der Waals surface area contributed by atoms with E-state index in [2.05, 4.69) is 15.6 Å². The number of hydrogen-bond acceptors (Lipinski definition) is 3. The van der Waals surface area contributed by atoms with E-state index >= 15 is 0 Å². The molecule has 2 N–H and O–H groups in total. The van der Waals surface area contributed by atoms with Gasteiger partial charge in [-0.2, -0.15) is 0 Å². The van der Waals surface area contributed by atoms with Gasteiger partial charge in [-0.25, -0.2) is 4.98 Å². The van der Waals surface area contributed by atoms with Crippen LogP contribution in [0, 0.1) is 6.92 Å². The summed E-state index contributed by atoms with van der Waals surface area (Å²) in [6.45, 7) is 5.16. The van der Waals surface area contributed by atoms with Crippen LogP contribution in [0.3, 0.4) is 0 Å². The Morgan fingerprint density at radius 2 is 2.11 bits per heavy atom. The first-order valence-electron chi connectivity index (χ1n) is 5.52. The van der Waals surface area contributed by atoms with Gasteiger partial charge >= 0.3 is 0 Å². The van der Waals surface area contributed by atoms with Gasteiger partial charge in [-0.3, -0.25) is 4.79 Å². The van der Waals surface area contributed by atoms with Crippen LogP contribution < -0.4 is 10.6 Å². The van der Waals surface area contributed by atoms with Gasteiger partial charge in [-0.1, -0.05) is 23.2 Å². The zero-order valence-electron chi connectivity index (χ0n) is 10.1. The Kier molecular flexibility index (Phi) is 3.90. The summed E-state index contributed by atoms with van der Waals surface area (Å²) in [6, 6.07) is 1.66. The summed E-state index contributed by atoms with van der Waals surface area (Å²) in [6.07, 6.45) is 0.